The number of ether oxygens (including phenoxy) is 1. The van der Waals surface area contributed by atoms with Gasteiger partial charge in [0.25, 0.3) is 0 Å². The van der Waals surface area contributed by atoms with E-state index < -0.39 is 0 Å². The van der Waals surface area contributed by atoms with Crippen molar-refractivity contribution in [2.24, 2.45) is 0 Å². The SMILES string of the molecule is CCC(C)NCC(C)N1CC2CCC(C1)O2. The van der Waals surface area contributed by atoms with Crippen LogP contribution in [0.5, 0.6) is 0 Å². The fourth-order valence-corrected chi connectivity index (χ4v) is 2.65. The van der Waals surface area contributed by atoms with Gasteiger partial charge in [0.2, 0.25) is 0 Å². The highest BCUT2D eigenvalue weighted by Gasteiger charge is 2.35. The fourth-order valence-electron chi connectivity index (χ4n) is 2.65. The maximum atomic E-state index is 5.86. The van der Waals surface area contributed by atoms with Crippen molar-refractivity contribution in [1.29, 1.82) is 0 Å². The second-order valence-corrected chi connectivity index (χ2v) is 5.48. The monoisotopic (exact) mass is 226 g/mol. The highest BCUT2D eigenvalue weighted by atomic mass is 16.5. The molecule has 0 aromatic carbocycles. The average Bonchev–Trinajstić information content (AvgIpc) is 2.64. The second-order valence-electron chi connectivity index (χ2n) is 5.48. The van der Waals surface area contributed by atoms with Crippen molar-refractivity contribution >= 4 is 0 Å². The first-order chi connectivity index (χ1) is 7.69. The predicted molar refractivity (Wildman–Crippen MR) is 66.7 cm³/mol. The van der Waals surface area contributed by atoms with Crippen molar-refractivity contribution in [2.75, 3.05) is 19.6 Å². The molecule has 2 heterocycles. The highest BCUT2D eigenvalue weighted by Crippen LogP contribution is 2.27. The zero-order valence-corrected chi connectivity index (χ0v) is 10.9. The molecule has 2 fully saturated rings. The van der Waals surface area contributed by atoms with Gasteiger partial charge in [0.05, 0.1) is 12.2 Å². The van der Waals surface area contributed by atoms with Gasteiger partial charge in [0.15, 0.2) is 0 Å². The number of hydrogen-bond acceptors (Lipinski definition) is 3. The third kappa shape index (κ3) is 2.96. The molecule has 3 heteroatoms. The summed E-state index contributed by atoms with van der Waals surface area (Å²) in [5.74, 6) is 0. The molecule has 3 nitrogen and oxygen atoms in total. The van der Waals surface area contributed by atoms with Gasteiger partial charge in [-0.3, -0.25) is 4.90 Å². The quantitative estimate of drug-likeness (QED) is 0.771. The van der Waals surface area contributed by atoms with Crippen LogP contribution in [0.3, 0.4) is 0 Å². The van der Waals surface area contributed by atoms with Gasteiger partial charge in [0, 0.05) is 31.7 Å². The summed E-state index contributed by atoms with van der Waals surface area (Å²) in [5, 5.41) is 3.60. The Bertz CT molecular complexity index is 210. The van der Waals surface area contributed by atoms with Crippen LogP contribution < -0.4 is 5.32 Å². The van der Waals surface area contributed by atoms with Crippen molar-refractivity contribution in [2.45, 2.75) is 64.3 Å². The van der Waals surface area contributed by atoms with E-state index in [9.17, 15) is 0 Å². The van der Waals surface area contributed by atoms with E-state index in [1.165, 1.54) is 19.3 Å². The Hall–Kier alpha value is -0.120. The van der Waals surface area contributed by atoms with E-state index in [-0.39, 0.29) is 0 Å². The van der Waals surface area contributed by atoms with Gasteiger partial charge in [0.1, 0.15) is 0 Å². The largest absolute Gasteiger partial charge is 0.372 e. The molecule has 4 unspecified atom stereocenters. The van der Waals surface area contributed by atoms with E-state index in [0.717, 1.165) is 19.6 Å². The zero-order valence-electron chi connectivity index (χ0n) is 10.9. The molecule has 0 radical (unpaired) electrons. The molecule has 0 amide bonds. The average molecular weight is 226 g/mol. The molecule has 0 aliphatic carbocycles. The summed E-state index contributed by atoms with van der Waals surface area (Å²) in [5.41, 5.74) is 0. The van der Waals surface area contributed by atoms with Crippen molar-refractivity contribution in [3.63, 3.8) is 0 Å². The Morgan fingerprint density at radius 2 is 1.88 bits per heavy atom. The zero-order chi connectivity index (χ0) is 11.5. The van der Waals surface area contributed by atoms with Crippen LogP contribution in [0.1, 0.15) is 40.0 Å². The Morgan fingerprint density at radius 1 is 1.25 bits per heavy atom. The molecule has 4 atom stereocenters. The lowest BCUT2D eigenvalue weighted by Crippen LogP contribution is -2.50. The molecule has 2 saturated heterocycles. The van der Waals surface area contributed by atoms with Crippen LogP contribution in [-0.4, -0.2) is 48.8 Å². The summed E-state index contributed by atoms with van der Waals surface area (Å²) < 4.78 is 5.86. The number of fused-ring (bicyclic) bond motifs is 2. The van der Waals surface area contributed by atoms with Crippen LogP contribution in [-0.2, 0) is 4.74 Å². The molecule has 1 N–H and O–H groups in total. The Kier molecular flexibility index (Phi) is 4.22. The van der Waals surface area contributed by atoms with Crippen LogP contribution in [0.4, 0.5) is 0 Å². The van der Waals surface area contributed by atoms with Crippen LogP contribution in [0, 0.1) is 0 Å². The van der Waals surface area contributed by atoms with Crippen molar-refractivity contribution < 1.29 is 4.74 Å². The number of likely N-dealkylation sites (tertiary alicyclic amines) is 1. The minimum Gasteiger partial charge on any atom is -0.372 e. The number of rotatable bonds is 5. The smallest absolute Gasteiger partial charge is 0.0707 e. The molecular weight excluding hydrogens is 200 g/mol. The van der Waals surface area contributed by atoms with Gasteiger partial charge in [-0.2, -0.15) is 0 Å². The number of morpholine rings is 1. The summed E-state index contributed by atoms with van der Waals surface area (Å²) in [6, 6.07) is 1.28. The minimum absolute atomic E-state index is 0.518. The van der Waals surface area contributed by atoms with Gasteiger partial charge in [-0.25, -0.2) is 0 Å². The van der Waals surface area contributed by atoms with E-state index in [1.807, 2.05) is 0 Å². The van der Waals surface area contributed by atoms with E-state index in [2.05, 4.69) is 31.0 Å². The van der Waals surface area contributed by atoms with E-state index in [0.29, 0.717) is 24.3 Å². The summed E-state index contributed by atoms with van der Waals surface area (Å²) in [6.07, 6.45) is 4.79. The van der Waals surface area contributed by atoms with Crippen molar-refractivity contribution in [3.8, 4) is 0 Å². The number of hydrogen-bond donors (Lipinski definition) is 1. The van der Waals surface area contributed by atoms with Crippen LogP contribution in [0.15, 0.2) is 0 Å². The lowest BCUT2D eigenvalue weighted by Gasteiger charge is -2.36. The maximum Gasteiger partial charge on any atom is 0.0707 e. The van der Waals surface area contributed by atoms with Crippen LogP contribution in [0.25, 0.3) is 0 Å². The molecule has 2 aliphatic rings. The lowest BCUT2D eigenvalue weighted by molar-refractivity contribution is -0.0502. The first-order valence-corrected chi connectivity index (χ1v) is 6.82. The van der Waals surface area contributed by atoms with E-state index in [4.69, 9.17) is 4.74 Å². The second kappa shape index (κ2) is 5.48. The Morgan fingerprint density at radius 3 is 2.44 bits per heavy atom. The number of nitrogens with one attached hydrogen (secondary N) is 1. The lowest BCUT2D eigenvalue weighted by atomic mass is 10.2. The van der Waals surface area contributed by atoms with Crippen molar-refractivity contribution in [3.05, 3.63) is 0 Å². The predicted octanol–water partition coefficient (Wildman–Crippen LogP) is 1.63. The Labute approximate surface area is 99.5 Å². The van der Waals surface area contributed by atoms with Gasteiger partial charge in [-0.05, 0) is 33.1 Å². The molecule has 0 aromatic rings. The molecule has 2 bridgehead atoms. The Balaban J connectivity index is 1.74. The highest BCUT2D eigenvalue weighted by molar-refractivity contribution is 4.87. The van der Waals surface area contributed by atoms with E-state index in [1.54, 1.807) is 0 Å². The first kappa shape index (κ1) is 12.3. The molecule has 2 rings (SSSR count). The summed E-state index contributed by atoms with van der Waals surface area (Å²) in [4.78, 5) is 2.60. The topological polar surface area (TPSA) is 24.5 Å². The maximum absolute atomic E-state index is 5.86. The number of nitrogens with zero attached hydrogens (tertiary/aromatic N) is 1. The standard InChI is InChI=1S/C13H26N2O/c1-4-10(2)14-7-11(3)15-8-12-5-6-13(9-15)16-12/h10-14H,4-9H2,1-3H3. The molecule has 2 aliphatic heterocycles. The van der Waals surface area contributed by atoms with Gasteiger partial charge in [-0.1, -0.05) is 6.92 Å². The molecule has 16 heavy (non-hydrogen) atoms. The molecule has 0 spiro atoms. The van der Waals surface area contributed by atoms with Crippen LogP contribution >= 0.6 is 0 Å². The molecular formula is C13H26N2O. The molecule has 94 valence electrons. The van der Waals surface area contributed by atoms with Gasteiger partial charge in [-0.15, -0.1) is 0 Å². The summed E-state index contributed by atoms with van der Waals surface area (Å²) in [6.45, 7) is 10.2. The summed E-state index contributed by atoms with van der Waals surface area (Å²) in [7, 11) is 0. The third-order valence-corrected chi connectivity index (χ3v) is 4.07. The molecule has 0 aromatic heterocycles. The summed E-state index contributed by atoms with van der Waals surface area (Å²) >= 11 is 0. The fraction of sp³-hybridized carbons (Fsp3) is 1.00. The third-order valence-electron chi connectivity index (χ3n) is 4.07. The normalized spacial score (nSPS) is 33.9. The van der Waals surface area contributed by atoms with Gasteiger partial charge < -0.3 is 10.1 Å². The first-order valence-electron chi connectivity index (χ1n) is 6.82. The minimum atomic E-state index is 0.518. The van der Waals surface area contributed by atoms with E-state index >= 15 is 0 Å². The van der Waals surface area contributed by atoms with Crippen molar-refractivity contribution in [1.82, 2.24) is 10.2 Å². The molecule has 0 saturated carbocycles. The van der Waals surface area contributed by atoms with Crippen LogP contribution in [0.2, 0.25) is 0 Å². The van der Waals surface area contributed by atoms with Gasteiger partial charge >= 0.3 is 0 Å².